The number of hydrogen-bond donors (Lipinski definition) is 1. The van der Waals surface area contributed by atoms with Crippen LogP contribution < -0.4 is 8.61 Å². The van der Waals surface area contributed by atoms with E-state index in [1.807, 2.05) is 35.2 Å². The molecule has 5 rings (SSSR count). The molecule has 204 valence electrons. The highest BCUT2D eigenvalue weighted by Gasteiger charge is 2.39. The molecule has 4 aromatic rings. The summed E-state index contributed by atoms with van der Waals surface area (Å²) in [5.41, 5.74) is 3.46. The Morgan fingerprint density at radius 3 is 2.33 bits per heavy atom. The summed E-state index contributed by atoms with van der Waals surface area (Å²) in [7, 11) is -8.98. The fraction of sp³-hybridized carbons (Fsp3) is 0.143. The predicted molar refractivity (Wildman–Crippen MR) is 152 cm³/mol. The lowest BCUT2D eigenvalue weighted by atomic mass is 10.1. The highest BCUT2D eigenvalue weighted by Crippen LogP contribution is 2.35. The van der Waals surface area contributed by atoms with Crippen molar-refractivity contribution in [2.24, 2.45) is 0 Å². The van der Waals surface area contributed by atoms with Crippen molar-refractivity contribution in [2.75, 3.05) is 14.9 Å². The molecule has 0 radical (unpaired) electrons. The maximum atomic E-state index is 14.4. The number of imidazole rings is 1. The summed E-state index contributed by atoms with van der Waals surface area (Å²) in [4.78, 5) is 9.12. The number of rotatable bonds is 8. The molecule has 0 saturated heterocycles. The summed E-state index contributed by atoms with van der Waals surface area (Å²) < 4.78 is 56.4. The van der Waals surface area contributed by atoms with Crippen LogP contribution in [0.1, 0.15) is 22.4 Å². The van der Waals surface area contributed by atoms with Crippen molar-refractivity contribution in [1.82, 2.24) is 14.3 Å². The summed E-state index contributed by atoms with van der Waals surface area (Å²) in [5.74, 6) is 0. The normalized spacial score (nSPS) is 13.7. The Morgan fingerprint density at radius 1 is 1.00 bits per heavy atom. The number of H-pyrrole nitrogens is 1. The van der Waals surface area contributed by atoms with E-state index in [1.54, 1.807) is 55.1 Å². The van der Waals surface area contributed by atoms with E-state index >= 15 is 0 Å². The van der Waals surface area contributed by atoms with Gasteiger partial charge in [0.05, 0.1) is 54.4 Å². The maximum absolute atomic E-state index is 14.4. The van der Waals surface area contributed by atoms with Crippen molar-refractivity contribution in [3.05, 3.63) is 126 Å². The van der Waals surface area contributed by atoms with E-state index in [9.17, 15) is 22.1 Å². The molecule has 2 heterocycles. The second-order valence-electron chi connectivity index (χ2n) is 9.24. The number of nitrogens with one attached hydrogen (secondary N) is 1. The third-order valence-corrected chi connectivity index (χ3v) is 10.1. The van der Waals surface area contributed by atoms with Gasteiger partial charge in [0, 0.05) is 24.5 Å². The topological polar surface area (TPSA) is 130 Å². The molecule has 1 aliphatic heterocycles. The number of nitriles is 1. The molecule has 12 heteroatoms. The number of para-hydroxylation sites is 1. The smallest absolute Gasteiger partial charge is 0.339 e. The van der Waals surface area contributed by atoms with Gasteiger partial charge in [-0.15, -0.1) is 3.71 Å². The van der Waals surface area contributed by atoms with Crippen LogP contribution in [0.2, 0.25) is 0 Å². The Hall–Kier alpha value is -4.60. The molecule has 0 saturated carbocycles. The fourth-order valence-corrected chi connectivity index (χ4v) is 8.01. The van der Waals surface area contributed by atoms with E-state index < -0.39 is 20.2 Å². The minimum absolute atomic E-state index is 0.00677. The van der Waals surface area contributed by atoms with Crippen LogP contribution in [0, 0.1) is 11.3 Å². The molecule has 0 bridgehead atoms. The second-order valence-corrected chi connectivity index (χ2v) is 13.0. The van der Waals surface area contributed by atoms with Gasteiger partial charge in [0.2, 0.25) is 10.0 Å². The number of aromatic amines is 1. The van der Waals surface area contributed by atoms with Crippen LogP contribution in [0.25, 0.3) is 0 Å². The first-order chi connectivity index (χ1) is 19.2. The first-order valence-corrected chi connectivity index (χ1v) is 15.5. The molecular weight excluding hydrogens is 548 g/mol. The van der Waals surface area contributed by atoms with Crippen LogP contribution in [0.3, 0.4) is 0 Å². The summed E-state index contributed by atoms with van der Waals surface area (Å²) in [5, 5.41) is 9.59. The summed E-state index contributed by atoms with van der Waals surface area (Å²) in [6.07, 6.45) is 6.07. The van der Waals surface area contributed by atoms with E-state index in [0.29, 0.717) is 38.5 Å². The first-order valence-electron chi connectivity index (χ1n) is 12.3. The molecule has 40 heavy (non-hydrogen) atoms. The van der Waals surface area contributed by atoms with Crippen molar-refractivity contribution in [2.45, 2.75) is 19.5 Å². The Balaban J connectivity index is 1.72. The van der Waals surface area contributed by atoms with Gasteiger partial charge < -0.3 is 9.88 Å². The molecule has 1 N–H and O–H groups in total. The molecule has 0 spiro atoms. The average molecular weight is 575 g/mol. The minimum Gasteiger partial charge on any atom is -0.351 e. The Bertz CT molecular complexity index is 1780. The van der Waals surface area contributed by atoms with Crippen molar-refractivity contribution in [3.8, 4) is 6.07 Å². The minimum atomic E-state index is -4.70. The number of nitrogens with zero attached hydrogens (tertiary/aromatic N) is 5. The molecule has 0 unspecified atom stereocenters. The molecule has 1 aromatic heterocycles. The number of anilines is 2. The molecule has 10 nitrogen and oxygen atoms in total. The zero-order valence-corrected chi connectivity index (χ0v) is 23.2. The second kappa shape index (κ2) is 10.9. The summed E-state index contributed by atoms with van der Waals surface area (Å²) in [6.45, 7) is 0.116. The van der Waals surface area contributed by atoms with Crippen LogP contribution in [0.4, 0.5) is 11.4 Å². The van der Waals surface area contributed by atoms with E-state index in [1.165, 1.54) is 12.1 Å². The number of fused-ring (bicyclic) bond motifs is 1. The van der Waals surface area contributed by atoms with Crippen molar-refractivity contribution in [3.63, 3.8) is 0 Å². The van der Waals surface area contributed by atoms with E-state index in [4.69, 9.17) is 0 Å². The highest BCUT2D eigenvalue weighted by molar-refractivity contribution is 8.08. The lowest BCUT2D eigenvalue weighted by molar-refractivity contribution is 0.467. The van der Waals surface area contributed by atoms with Gasteiger partial charge in [-0.1, -0.05) is 48.5 Å². The Labute approximate surface area is 233 Å². The largest absolute Gasteiger partial charge is 0.351 e. The molecule has 3 aromatic carbocycles. The molecule has 1 aliphatic rings. The number of hydrogen-bond acceptors (Lipinski definition) is 7. The summed E-state index contributed by atoms with van der Waals surface area (Å²) in [6, 6.07) is 24.2. The van der Waals surface area contributed by atoms with E-state index in [2.05, 4.69) is 16.0 Å². The number of aromatic nitrogens is 2. The average Bonchev–Trinajstić information content (AvgIpc) is 3.39. The monoisotopic (exact) mass is 574 g/mol. The molecule has 0 aliphatic carbocycles. The zero-order valence-electron chi connectivity index (χ0n) is 21.5. The number of allylic oxidation sites excluding steroid dienone is 1. The molecule has 0 fully saturated rings. The van der Waals surface area contributed by atoms with E-state index in [-0.39, 0.29) is 18.7 Å². The van der Waals surface area contributed by atoms with Crippen LogP contribution >= 0.6 is 0 Å². The lowest BCUT2D eigenvalue weighted by Crippen LogP contribution is -2.46. The van der Waals surface area contributed by atoms with Crippen LogP contribution in [0.5, 0.6) is 0 Å². The van der Waals surface area contributed by atoms with E-state index in [0.717, 1.165) is 16.1 Å². The highest BCUT2D eigenvalue weighted by atomic mass is 32.3. The van der Waals surface area contributed by atoms with Crippen molar-refractivity contribution >= 4 is 31.6 Å². The number of sulfonamides is 1. The Morgan fingerprint density at radius 2 is 1.70 bits per heavy atom. The molecular formula is C28H26N6O4S2. The predicted octanol–water partition coefficient (Wildman–Crippen LogP) is 3.90. The maximum Gasteiger partial charge on any atom is 0.339 e. The van der Waals surface area contributed by atoms with Gasteiger partial charge in [0.1, 0.15) is 0 Å². The van der Waals surface area contributed by atoms with Gasteiger partial charge >= 0.3 is 10.2 Å². The SMILES string of the molecule is CS(=O)(=O)N(c1ccccc1)S(=O)(=O)N1Cc2cc(C#N)ccc2N(Cc2c[nH]cn2)C=C1Cc1ccccc1. The standard InChI is InChI=1S/C28H26N6O4S2/c1-39(35,36)34(26-10-6-3-7-11-26)40(37,38)33-18-24-14-23(16-29)12-13-28(24)32(19-25-17-30-21-31-25)20-27(33)15-22-8-4-2-5-9-22/h2-14,17,20-21H,15,18-19H2,1H3,(H,30,31). The van der Waals surface area contributed by atoms with Gasteiger partial charge in [-0.3, -0.25) is 4.31 Å². The molecule has 0 atom stereocenters. The van der Waals surface area contributed by atoms with Gasteiger partial charge in [0.15, 0.2) is 0 Å². The third-order valence-electron chi connectivity index (χ3n) is 6.33. The number of benzene rings is 3. The van der Waals surface area contributed by atoms with Gasteiger partial charge in [-0.2, -0.15) is 13.7 Å². The van der Waals surface area contributed by atoms with Gasteiger partial charge in [-0.25, -0.2) is 13.4 Å². The van der Waals surface area contributed by atoms with Gasteiger partial charge in [-0.05, 0) is 41.5 Å². The van der Waals surface area contributed by atoms with Crippen molar-refractivity contribution < 1.29 is 16.8 Å². The lowest BCUT2D eigenvalue weighted by Gasteiger charge is -2.32. The van der Waals surface area contributed by atoms with Crippen LogP contribution in [0.15, 0.2) is 103 Å². The fourth-order valence-electron chi connectivity index (χ4n) is 4.62. The first kappa shape index (κ1) is 27.0. The summed E-state index contributed by atoms with van der Waals surface area (Å²) >= 11 is 0. The third kappa shape index (κ3) is 5.56. The van der Waals surface area contributed by atoms with Crippen molar-refractivity contribution in [1.29, 1.82) is 5.26 Å². The van der Waals surface area contributed by atoms with Gasteiger partial charge in [0.25, 0.3) is 0 Å². The van der Waals surface area contributed by atoms with Crippen LogP contribution in [-0.2, 0) is 39.7 Å². The molecule has 0 amide bonds. The Kier molecular flexibility index (Phi) is 7.34. The zero-order chi connectivity index (χ0) is 28.3. The quantitative estimate of drug-likeness (QED) is 0.338. The van der Waals surface area contributed by atoms with Crippen LogP contribution in [-0.4, -0.2) is 37.4 Å².